The Bertz CT molecular complexity index is 1850. The second-order valence-corrected chi connectivity index (χ2v) is 9.40. The van der Waals surface area contributed by atoms with Crippen LogP contribution in [0.25, 0.3) is 22.9 Å². The van der Waals surface area contributed by atoms with E-state index in [0.29, 0.717) is 24.2 Å². The number of aromatic nitrogens is 10. The number of halogens is 5. The highest BCUT2D eigenvalue weighted by atomic mass is 79.9. The van der Waals surface area contributed by atoms with E-state index >= 15 is 0 Å². The van der Waals surface area contributed by atoms with Crippen LogP contribution >= 0.6 is 15.9 Å². The van der Waals surface area contributed by atoms with Crippen LogP contribution in [0.15, 0.2) is 92.0 Å². The van der Waals surface area contributed by atoms with Crippen molar-refractivity contribution < 1.29 is 26.4 Å². The molecule has 0 spiro atoms. The maximum absolute atomic E-state index is 12.4. The molecule has 0 fully saturated rings. The number of hydrogen-bond acceptors (Lipinski definition) is 10. The molecular formula is C26H23BrF4N10O4. The topological polar surface area (TPSA) is 168 Å². The van der Waals surface area contributed by atoms with E-state index in [0.717, 1.165) is 11.9 Å². The zero-order chi connectivity index (χ0) is 32.2. The van der Waals surface area contributed by atoms with Crippen LogP contribution in [0.1, 0.15) is 24.6 Å². The molecule has 0 saturated carbocycles. The summed E-state index contributed by atoms with van der Waals surface area (Å²) in [5.74, 6) is -1.73. The van der Waals surface area contributed by atoms with E-state index in [1.165, 1.54) is 29.0 Å². The molecule has 0 aliphatic heterocycles. The van der Waals surface area contributed by atoms with Crippen LogP contribution < -0.4 is 11.1 Å². The van der Waals surface area contributed by atoms with Crippen molar-refractivity contribution in [3.8, 4) is 22.9 Å². The molecule has 0 atom stereocenters. The predicted molar refractivity (Wildman–Crippen MR) is 153 cm³/mol. The Morgan fingerprint density at radius 2 is 1.33 bits per heavy atom. The Morgan fingerprint density at radius 1 is 0.756 bits per heavy atom. The summed E-state index contributed by atoms with van der Waals surface area (Å²) in [6.45, 7) is 1.93. The lowest BCUT2D eigenvalue weighted by molar-refractivity contribution is 0.115. The SMILES string of the molecule is BrCCn1cccn1.O=c1cc(-c2nnc(C(F)F)o2)cc[nH]1.O=c1cc(-c2nnc(C(F)F)o2)ccn1CCn1cccn1. The number of alkyl halides is 5. The number of H-pyrrole nitrogens is 1. The summed E-state index contributed by atoms with van der Waals surface area (Å²) in [6.07, 6.45) is 4.44. The molecule has 6 heterocycles. The maximum Gasteiger partial charge on any atom is 0.314 e. The minimum absolute atomic E-state index is 0.101. The van der Waals surface area contributed by atoms with Gasteiger partial charge < -0.3 is 18.4 Å². The fraction of sp³-hybridized carbons (Fsp3) is 0.231. The molecule has 0 saturated heterocycles. The van der Waals surface area contributed by atoms with Crippen molar-refractivity contribution in [3.05, 3.63) is 106 Å². The third-order valence-corrected chi connectivity index (χ3v) is 5.88. The van der Waals surface area contributed by atoms with Crippen molar-refractivity contribution in [2.45, 2.75) is 32.5 Å². The summed E-state index contributed by atoms with van der Waals surface area (Å²) in [7, 11) is 0. The average Bonchev–Trinajstić information content (AvgIpc) is 3.86. The first-order valence-electron chi connectivity index (χ1n) is 12.9. The summed E-state index contributed by atoms with van der Waals surface area (Å²) >= 11 is 3.31. The minimum atomic E-state index is -2.84. The fourth-order valence-electron chi connectivity index (χ4n) is 3.44. The zero-order valence-corrected chi connectivity index (χ0v) is 24.5. The molecule has 0 aliphatic rings. The monoisotopic (exact) mass is 694 g/mol. The highest BCUT2D eigenvalue weighted by Crippen LogP contribution is 2.23. The van der Waals surface area contributed by atoms with Gasteiger partial charge in [0.2, 0.25) is 17.3 Å². The van der Waals surface area contributed by atoms with Gasteiger partial charge in [0, 0.05) is 72.3 Å². The number of aromatic amines is 1. The molecule has 0 aliphatic carbocycles. The molecule has 14 nitrogen and oxygen atoms in total. The number of nitrogens with one attached hydrogen (secondary N) is 1. The molecule has 6 aromatic heterocycles. The van der Waals surface area contributed by atoms with Crippen molar-refractivity contribution in [1.82, 2.24) is 49.5 Å². The van der Waals surface area contributed by atoms with E-state index in [-0.39, 0.29) is 22.9 Å². The van der Waals surface area contributed by atoms with Crippen molar-refractivity contribution >= 4 is 15.9 Å². The van der Waals surface area contributed by atoms with Crippen molar-refractivity contribution in [3.63, 3.8) is 0 Å². The zero-order valence-electron chi connectivity index (χ0n) is 23.0. The van der Waals surface area contributed by atoms with Gasteiger partial charge in [-0.15, -0.1) is 20.4 Å². The average molecular weight is 695 g/mol. The van der Waals surface area contributed by atoms with Crippen LogP contribution in [0, 0.1) is 0 Å². The molecule has 236 valence electrons. The van der Waals surface area contributed by atoms with E-state index in [4.69, 9.17) is 4.42 Å². The van der Waals surface area contributed by atoms with Gasteiger partial charge in [0.25, 0.3) is 17.3 Å². The Labute approximate surface area is 258 Å². The fourth-order valence-corrected chi connectivity index (χ4v) is 3.81. The quantitative estimate of drug-likeness (QED) is 0.169. The lowest BCUT2D eigenvalue weighted by Gasteiger charge is -2.06. The van der Waals surface area contributed by atoms with Gasteiger partial charge in [0.15, 0.2) is 0 Å². The number of rotatable bonds is 9. The number of hydrogen-bond donors (Lipinski definition) is 1. The van der Waals surface area contributed by atoms with Crippen LogP contribution in [-0.4, -0.2) is 54.8 Å². The summed E-state index contributed by atoms with van der Waals surface area (Å²) < 4.78 is 63.6. The van der Waals surface area contributed by atoms with Crippen LogP contribution in [0.5, 0.6) is 0 Å². The predicted octanol–water partition coefficient (Wildman–Crippen LogP) is 4.37. The molecule has 6 rings (SSSR count). The van der Waals surface area contributed by atoms with Crippen molar-refractivity contribution in [1.29, 1.82) is 0 Å². The Hall–Kier alpha value is -5.20. The molecule has 0 unspecified atom stereocenters. The molecule has 0 radical (unpaired) electrons. The standard InChI is InChI=1S/C13H11F2N5O2.C8H5F2N3O2.C5H7BrN2/c14-11(15)13-18-17-12(22-13)9-2-5-19(10(21)8-9)6-7-20-4-1-3-16-20;9-6(10)8-13-12-7(15-8)4-1-2-11-5(14)3-4;6-2-5-8-4-1-3-7-8/h1-5,8,11H,6-7H2;1-3,6H,(H,11,14);1,3-4H,2,5H2. The van der Waals surface area contributed by atoms with Crippen molar-refractivity contribution in [2.75, 3.05) is 5.33 Å². The molecule has 6 aromatic rings. The van der Waals surface area contributed by atoms with E-state index in [1.807, 2.05) is 16.9 Å². The van der Waals surface area contributed by atoms with Crippen LogP contribution in [-0.2, 0) is 19.6 Å². The second-order valence-electron chi connectivity index (χ2n) is 8.61. The number of pyridine rings is 2. The third kappa shape index (κ3) is 9.65. The maximum atomic E-state index is 12.4. The number of aryl methyl sites for hydroxylation is 3. The summed E-state index contributed by atoms with van der Waals surface area (Å²) in [5, 5.41) is 22.3. The van der Waals surface area contributed by atoms with E-state index < -0.39 is 24.6 Å². The van der Waals surface area contributed by atoms with Gasteiger partial charge in [-0.3, -0.25) is 19.0 Å². The minimum Gasteiger partial charge on any atom is -0.415 e. The molecular weight excluding hydrogens is 672 g/mol. The molecule has 1 N–H and O–H groups in total. The Morgan fingerprint density at radius 3 is 1.80 bits per heavy atom. The summed E-state index contributed by atoms with van der Waals surface area (Å²) in [5.41, 5.74) is -0.0522. The molecule has 45 heavy (non-hydrogen) atoms. The summed E-state index contributed by atoms with van der Waals surface area (Å²) in [4.78, 5) is 25.3. The highest BCUT2D eigenvalue weighted by Gasteiger charge is 2.18. The summed E-state index contributed by atoms with van der Waals surface area (Å²) in [6, 6.07) is 9.21. The first kappa shape index (κ1) is 32.7. The number of nitrogens with zero attached hydrogens (tertiary/aromatic N) is 9. The lowest BCUT2D eigenvalue weighted by atomic mass is 10.2. The normalized spacial score (nSPS) is 10.8. The van der Waals surface area contributed by atoms with Crippen LogP contribution in [0.2, 0.25) is 0 Å². The molecule has 0 aromatic carbocycles. The smallest absolute Gasteiger partial charge is 0.314 e. The first-order valence-corrected chi connectivity index (χ1v) is 14.0. The second kappa shape index (κ2) is 16.0. The highest BCUT2D eigenvalue weighted by molar-refractivity contribution is 9.09. The Balaban J connectivity index is 0.000000172. The van der Waals surface area contributed by atoms with Crippen molar-refractivity contribution in [2.24, 2.45) is 0 Å². The molecule has 0 bridgehead atoms. The van der Waals surface area contributed by atoms with Gasteiger partial charge >= 0.3 is 12.9 Å². The van der Waals surface area contributed by atoms with E-state index in [1.54, 1.807) is 41.6 Å². The first-order chi connectivity index (χ1) is 21.7. The van der Waals surface area contributed by atoms with Gasteiger partial charge in [-0.1, -0.05) is 15.9 Å². The lowest BCUT2D eigenvalue weighted by Crippen LogP contribution is -2.21. The van der Waals surface area contributed by atoms with Gasteiger partial charge in [-0.05, 0) is 24.3 Å². The van der Waals surface area contributed by atoms with Gasteiger partial charge in [-0.25, -0.2) is 0 Å². The third-order valence-electron chi connectivity index (χ3n) is 5.52. The van der Waals surface area contributed by atoms with E-state index in [2.05, 4.69) is 55.9 Å². The van der Waals surface area contributed by atoms with Crippen LogP contribution in [0.4, 0.5) is 17.6 Å². The van der Waals surface area contributed by atoms with Gasteiger partial charge in [0.1, 0.15) is 0 Å². The van der Waals surface area contributed by atoms with Gasteiger partial charge in [0.05, 0.1) is 13.1 Å². The van der Waals surface area contributed by atoms with Gasteiger partial charge in [-0.2, -0.15) is 27.8 Å². The van der Waals surface area contributed by atoms with E-state index in [9.17, 15) is 27.2 Å². The largest absolute Gasteiger partial charge is 0.415 e. The van der Waals surface area contributed by atoms with Crippen LogP contribution in [0.3, 0.4) is 0 Å². The molecule has 0 amide bonds. The Kier molecular flexibility index (Phi) is 11.7. The molecule has 19 heteroatoms.